The lowest BCUT2D eigenvalue weighted by Crippen LogP contribution is -2.40. The summed E-state index contributed by atoms with van der Waals surface area (Å²) >= 11 is 11.9. The van der Waals surface area contributed by atoms with Crippen molar-refractivity contribution in [2.75, 3.05) is 6.79 Å². The van der Waals surface area contributed by atoms with E-state index in [2.05, 4.69) is 5.32 Å². The van der Waals surface area contributed by atoms with Gasteiger partial charge in [0.05, 0.1) is 16.6 Å². The Labute approximate surface area is 159 Å². The minimum absolute atomic E-state index is 0.0989. The summed E-state index contributed by atoms with van der Waals surface area (Å²) in [6, 6.07) is 9.71. The molecule has 8 heteroatoms. The molecule has 1 saturated heterocycles. The molecule has 1 N–H and O–H groups in total. The average Bonchev–Trinajstić information content (AvgIpc) is 3.16. The van der Waals surface area contributed by atoms with E-state index in [-0.39, 0.29) is 19.2 Å². The molecule has 2 aromatic carbocycles. The molecular formula is C18H14Cl2N2O4. The summed E-state index contributed by atoms with van der Waals surface area (Å²) in [5.74, 6) is 0.808. The largest absolute Gasteiger partial charge is 0.454 e. The van der Waals surface area contributed by atoms with Gasteiger partial charge in [0.1, 0.15) is 5.54 Å². The lowest BCUT2D eigenvalue weighted by atomic mass is 9.91. The number of carbonyl (C=O) groups is 2. The van der Waals surface area contributed by atoms with Crippen molar-refractivity contribution in [1.29, 1.82) is 0 Å². The maximum absolute atomic E-state index is 13.0. The molecule has 134 valence electrons. The molecule has 2 aliphatic heterocycles. The topological polar surface area (TPSA) is 67.9 Å². The number of imide groups is 1. The highest BCUT2D eigenvalue weighted by molar-refractivity contribution is 6.42. The highest BCUT2D eigenvalue weighted by Gasteiger charge is 2.49. The van der Waals surface area contributed by atoms with E-state index in [0.29, 0.717) is 32.7 Å². The Morgan fingerprint density at radius 1 is 1.08 bits per heavy atom. The summed E-state index contributed by atoms with van der Waals surface area (Å²) in [6.07, 6.45) is 0. The molecule has 0 bridgehead atoms. The first-order valence-electron chi connectivity index (χ1n) is 7.86. The highest BCUT2D eigenvalue weighted by atomic mass is 35.5. The van der Waals surface area contributed by atoms with Gasteiger partial charge in [-0.15, -0.1) is 0 Å². The van der Waals surface area contributed by atoms with Crippen molar-refractivity contribution in [3.8, 4) is 11.5 Å². The maximum Gasteiger partial charge on any atom is 0.325 e. The summed E-state index contributed by atoms with van der Waals surface area (Å²) in [4.78, 5) is 26.6. The van der Waals surface area contributed by atoms with Gasteiger partial charge >= 0.3 is 6.03 Å². The van der Waals surface area contributed by atoms with Crippen LogP contribution in [-0.2, 0) is 16.9 Å². The Morgan fingerprint density at radius 2 is 1.85 bits per heavy atom. The first-order valence-corrected chi connectivity index (χ1v) is 8.62. The number of rotatable bonds is 3. The van der Waals surface area contributed by atoms with Crippen LogP contribution in [0.25, 0.3) is 0 Å². The second kappa shape index (κ2) is 6.07. The van der Waals surface area contributed by atoms with E-state index < -0.39 is 11.6 Å². The van der Waals surface area contributed by atoms with Gasteiger partial charge in [-0.2, -0.15) is 0 Å². The van der Waals surface area contributed by atoms with Crippen LogP contribution in [0.1, 0.15) is 18.1 Å². The van der Waals surface area contributed by atoms with Crippen molar-refractivity contribution in [1.82, 2.24) is 10.2 Å². The lowest BCUT2D eigenvalue weighted by Gasteiger charge is -2.22. The molecule has 26 heavy (non-hydrogen) atoms. The third kappa shape index (κ3) is 2.66. The van der Waals surface area contributed by atoms with Gasteiger partial charge in [-0.1, -0.05) is 35.3 Å². The fourth-order valence-corrected chi connectivity index (χ4v) is 3.39. The van der Waals surface area contributed by atoms with E-state index in [1.807, 2.05) is 0 Å². The summed E-state index contributed by atoms with van der Waals surface area (Å²) in [5.41, 5.74) is 0.142. The first-order chi connectivity index (χ1) is 12.4. The lowest BCUT2D eigenvalue weighted by molar-refractivity contribution is -0.131. The number of nitrogens with one attached hydrogen (secondary N) is 1. The van der Waals surface area contributed by atoms with Crippen LogP contribution in [0.15, 0.2) is 36.4 Å². The molecule has 0 aliphatic carbocycles. The molecule has 1 unspecified atom stereocenters. The molecule has 0 spiro atoms. The standard InChI is InChI=1S/C18H14Cl2N2O4/c1-18(11-3-5-14-15(7-11)26-9-25-14)16(23)22(17(24)21-18)8-10-2-4-12(19)13(20)6-10/h2-7H,8-9H2,1H3,(H,21,24). The molecule has 3 amide bonds. The molecule has 1 atom stereocenters. The molecule has 2 heterocycles. The fraction of sp³-hybridized carbons (Fsp3) is 0.222. The zero-order chi connectivity index (χ0) is 18.5. The van der Waals surface area contributed by atoms with Gasteiger partial charge in [0.25, 0.3) is 5.91 Å². The number of hydrogen-bond acceptors (Lipinski definition) is 4. The van der Waals surface area contributed by atoms with Gasteiger partial charge in [0.2, 0.25) is 6.79 Å². The van der Waals surface area contributed by atoms with Crippen LogP contribution in [0.2, 0.25) is 10.0 Å². The Hall–Kier alpha value is -2.44. The number of nitrogens with zero attached hydrogens (tertiary/aromatic N) is 1. The maximum atomic E-state index is 13.0. The quantitative estimate of drug-likeness (QED) is 0.808. The van der Waals surface area contributed by atoms with E-state index in [9.17, 15) is 9.59 Å². The molecular weight excluding hydrogens is 379 g/mol. The van der Waals surface area contributed by atoms with Crippen LogP contribution < -0.4 is 14.8 Å². The summed E-state index contributed by atoms with van der Waals surface area (Å²) in [5, 5.41) is 3.55. The van der Waals surface area contributed by atoms with Gasteiger partial charge < -0.3 is 14.8 Å². The second-order valence-corrected chi connectivity index (χ2v) is 7.08. The number of fused-ring (bicyclic) bond motifs is 1. The third-order valence-electron chi connectivity index (χ3n) is 4.55. The normalized spacial score (nSPS) is 21.3. The van der Waals surface area contributed by atoms with E-state index in [1.165, 1.54) is 0 Å². The van der Waals surface area contributed by atoms with Gasteiger partial charge in [-0.3, -0.25) is 9.69 Å². The number of ether oxygens (including phenoxy) is 2. The van der Waals surface area contributed by atoms with Crippen LogP contribution >= 0.6 is 23.2 Å². The Balaban J connectivity index is 1.63. The molecule has 6 nitrogen and oxygen atoms in total. The Bertz CT molecular complexity index is 933. The summed E-state index contributed by atoms with van der Waals surface area (Å²) in [7, 11) is 0. The smallest absolute Gasteiger partial charge is 0.325 e. The Morgan fingerprint density at radius 3 is 2.62 bits per heavy atom. The number of halogens is 2. The summed E-state index contributed by atoms with van der Waals surface area (Å²) < 4.78 is 10.7. The number of urea groups is 1. The van der Waals surface area contributed by atoms with Gasteiger partial charge in [-0.25, -0.2) is 4.79 Å². The molecule has 0 aromatic heterocycles. The molecule has 2 aromatic rings. The van der Waals surface area contributed by atoms with Crippen molar-refractivity contribution in [3.05, 3.63) is 57.6 Å². The van der Waals surface area contributed by atoms with E-state index >= 15 is 0 Å². The molecule has 0 saturated carbocycles. The van der Waals surface area contributed by atoms with Crippen molar-refractivity contribution in [3.63, 3.8) is 0 Å². The number of hydrogen-bond donors (Lipinski definition) is 1. The highest BCUT2D eigenvalue weighted by Crippen LogP contribution is 2.38. The van der Waals surface area contributed by atoms with E-state index in [4.69, 9.17) is 32.7 Å². The van der Waals surface area contributed by atoms with Crippen molar-refractivity contribution in [2.45, 2.75) is 19.0 Å². The zero-order valence-corrected chi connectivity index (χ0v) is 15.2. The molecule has 2 aliphatic rings. The SMILES string of the molecule is CC1(c2ccc3c(c2)OCO3)NC(=O)N(Cc2ccc(Cl)c(Cl)c2)C1=O. The van der Waals surface area contributed by atoms with Crippen molar-refractivity contribution >= 4 is 35.1 Å². The van der Waals surface area contributed by atoms with Crippen LogP contribution in [0.4, 0.5) is 4.79 Å². The van der Waals surface area contributed by atoms with Crippen LogP contribution in [0, 0.1) is 0 Å². The first kappa shape index (κ1) is 17.0. The molecule has 4 rings (SSSR count). The third-order valence-corrected chi connectivity index (χ3v) is 5.29. The van der Waals surface area contributed by atoms with Gasteiger partial charge in [-0.05, 0) is 42.3 Å². The minimum atomic E-state index is -1.19. The van der Waals surface area contributed by atoms with E-state index in [0.717, 1.165) is 4.90 Å². The zero-order valence-electron chi connectivity index (χ0n) is 13.7. The van der Waals surface area contributed by atoms with Crippen LogP contribution in [-0.4, -0.2) is 23.6 Å². The minimum Gasteiger partial charge on any atom is -0.454 e. The average molecular weight is 393 g/mol. The van der Waals surface area contributed by atoms with Gasteiger partial charge in [0.15, 0.2) is 11.5 Å². The van der Waals surface area contributed by atoms with Crippen molar-refractivity contribution < 1.29 is 19.1 Å². The fourth-order valence-electron chi connectivity index (χ4n) is 3.06. The number of benzene rings is 2. The predicted molar refractivity (Wildman–Crippen MR) is 95.5 cm³/mol. The second-order valence-electron chi connectivity index (χ2n) is 6.26. The summed E-state index contributed by atoms with van der Waals surface area (Å²) in [6.45, 7) is 1.90. The number of carbonyl (C=O) groups excluding carboxylic acids is 2. The molecule has 0 radical (unpaired) electrons. The predicted octanol–water partition coefficient (Wildman–Crippen LogP) is 3.69. The van der Waals surface area contributed by atoms with Crippen LogP contribution in [0.5, 0.6) is 11.5 Å². The Kier molecular flexibility index (Phi) is 3.97. The van der Waals surface area contributed by atoms with Crippen LogP contribution in [0.3, 0.4) is 0 Å². The molecule has 1 fully saturated rings. The monoisotopic (exact) mass is 392 g/mol. The van der Waals surface area contributed by atoms with E-state index in [1.54, 1.807) is 43.3 Å². The van der Waals surface area contributed by atoms with Gasteiger partial charge in [0, 0.05) is 0 Å². The number of amides is 3. The van der Waals surface area contributed by atoms with Crippen molar-refractivity contribution in [2.24, 2.45) is 0 Å².